The number of piperazine rings is 2. The van der Waals surface area contributed by atoms with Gasteiger partial charge in [0.2, 0.25) is 11.8 Å². The van der Waals surface area contributed by atoms with Gasteiger partial charge in [0.15, 0.2) is 11.3 Å². The fourth-order valence-electron chi connectivity index (χ4n) is 12.9. The lowest BCUT2D eigenvalue weighted by Gasteiger charge is -2.44. The Morgan fingerprint density at radius 1 is 0.500 bits per heavy atom. The van der Waals surface area contributed by atoms with Gasteiger partial charge in [-0.25, -0.2) is 28.7 Å². The maximum Gasteiger partial charge on any atom is 0.355 e. The van der Waals surface area contributed by atoms with Crippen molar-refractivity contribution in [1.29, 1.82) is 0 Å². The Kier molecular flexibility index (Phi) is 19.9. The molecule has 4 aliphatic heterocycles. The first-order chi connectivity index (χ1) is 41.4. The second kappa shape index (κ2) is 27.0. The number of carbonyl (C=O) groups excluding carboxylic acids is 2. The Morgan fingerprint density at radius 2 is 0.852 bits per heavy atom. The third-order valence-corrected chi connectivity index (χ3v) is 17.8. The summed E-state index contributed by atoms with van der Waals surface area (Å²) in [5.74, 6) is 1.19. The summed E-state index contributed by atoms with van der Waals surface area (Å²) in [6.07, 6.45) is 14.2. The molecule has 18 heteroatoms. The number of hydrogen-bond acceptors (Lipinski definition) is 10. The van der Waals surface area contributed by atoms with E-state index in [9.17, 15) is 19.2 Å². The lowest BCUT2D eigenvalue weighted by Crippen LogP contribution is -2.58. The van der Waals surface area contributed by atoms with Gasteiger partial charge in [0, 0.05) is 61.5 Å². The molecule has 0 saturated carbocycles. The number of carbonyl (C=O) groups is 2. The van der Waals surface area contributed by atoms with Gasteiger partial charge < -0.3 is 19.6 Å². The number of para-hydroxylation sites is 2. The van der Waals surface area contributed by atoms with Crippen molar-refractivity contribution in [2.45, 2.75) is 117 Å². The zero-order valence-electron chi connectivity index (χ0n) is 51.5. The first-order valence-electron chi connectivity index (χ1n) is 29.8. The van der Waals surface area contributed by atoms with Crippen molar-refractivity contribution in [2.24, 2.45) is 0 Å². The van der Waals surface area contributed by atoms with Crippen molar-refractivity contribution in [2.75, 3.05) is 36.0 Å². The maximum atomic E-state index is 14.3. The van der Waals surface area contributed by atoms with Crippen molar-refractivity contribution in [1.82, 2.24) is 38.9 Å². The highest BCUT2D eigenvalue weighted by Gasteiger charge is 2.36. The summed E-state index contributed by atoms with van der Waals surface area (Å²) in [6, 6.07) is 32.1. The molecular weight excluding hydrogens is 1180 g/mol. The third kappa shape index (κ3) is 12.2. The average molecular weight is 1260 g/mol. The van der Waals surface area contributed by atoms with E-state index in [4.69, 9.17) is 43.1 Å². The molecule has 2 saturated heterocycles. The monoisotopic (exact) mass is 1250 g/mol. The molecule has 2 unspecified atom stereocenters. The summed E-state index contributed by atoms with van der Waals surface area (Å²) in [5.41, 5.74) is 11.5. The van der Waals surface area contributed by atoms with Crippen LogP contribution in [-0.2, 0) is 35.3 Å². The molecule has 8 aromatic rings. The molecule has 0 radical (unpaired) electrons. The molecule has 4 aliphatic rings. The van der Waals surface area contributed by atoms with E-state index in [0.717, 1.165) is 68.7 Å². The molecule has 2 amide bonds. The normalized spacial score (nSPS) is 18.6. The number of allylic oxidation sites excluding steroid dienone is 4. The third-order valence-electron chi connectivity index (χ3n) is 17.3. The summed E-state index contributed by atoms with van der Waals surface area (Å²) in [6.45, 7) is 25.9. The van der Waals surface area contributed by atoms with Gasteiger partial charge in [0.25, 0.3) is 0 Å². The zero-order valence-corrected chi connectivity index (χ0v) is 55.9. The first-order valence-corrected chi connectivity index (χ1v) is 30.5. The number of rotatable bonds is 6. The van der Waals surface area contributed by atoms with Crippen molar-refractivity contribution < 1.29 is 9.59 Å². The van der Waals surface area contributed by atoms with Gasteiger partial charge in [0.05, 0.1) is 43.6 Å². The van der Waals surface area contributed by atoms with E-state index in [1.165, 1.54) is 12.2 Å². The fraction of sp³-hybridized carbons (Fsp3) is 0.314. The minimum absolute atomic E-state index is 0. The van der Waals surface area contributed by atoms with Crippen LogP contribution in [0.4, 0.5) is 11.6 Å². The molecule has 4 aromatic carbocycles. The smallest absolute Gasteiger partial charge is 0.349 e. The Balaban J connectivity index is 0.000000205. The van der Waals surface area contributed by atoms with E-state index >= 15 is 0 Å². The van der Waals surface area contributed by atoms with Crippen LogP contribution in [0.3, 0.4) is 0 Å². The van der Waals surface area contributed by atoms with E-state index in [2.05, 4.69) is 123 Å². The lowest BCUT2D eigenvalue weighted by molar-refractivity contribution is -0.129. The number of anilines is 2. The van der Waals surface area contributed by atoms with Gasteiger partial charge in [-0.15, -0.1) is 0 Å². The molecule has 88 heavy (non-hydrogen) atoms. The summed E-state index contributed by atoms with van der Waals surface area (Å²) in [4.78, 5) is 81.5. The predicted octanol–water partition coefficient (Wildman–Crippen LogP) is 13.1. The SMILES string of the molecule is C=CC(=O)N1C[C@H](C)N(c2nc(=O)n3c4nc(c(Cl)cc24)-c2ccccc2C/C=C/Cc2cccc(C(C)C)c2-3)C[C@H]1C.C=CC(=O)N1C[C@H](C)N(c2nc(=O)n3c4nc(c(Cl)cc24)-c2ccccc2C/C=C\Cc2cccc(C(C)C)c2-3)C[C@H]1C.P.P. The molecule has 0 spiro atoms. The Hall–Kier alpha value is -7.60. The topological polar surface area (TPSA) is 143 Å². The van der Waals surface area contributed by atoms with E-state index in [1.54, 1.807) is 9.13 Å². The molecule has 8 heterocycles. The van der Waals surface area contributed by atoms with E-state index in [-0.39, 0.29) is 67.6 Å². The molecule has 4 bridgehead atoms. The van der Waals surface area contributed by atoms with Crippen LogP contribution in [0.15, 0.2) is 156 Å². The highest BCUT2D eigenvalue weighted by Crippen LogP contribution is 2.41. The van der Waals surface area contributed by atoms with Crippen molar-refractivity contribution in [3.8, 4) is 33.9 Å². The number of aromatic nitrogens is 6. The minimum Gasteiger partial charge on any atom is -0.349 e. The molecule has 4 aromatic heterocycles. The average Bonchev–Trinajstić information content (AvgIpc) is 0.886. The number of hydrogen-bond donors (Lipinski definition) is 0. The standard InChI is InChI=1S/2C35H36ClN5O2.2H3P/c2*1-6-30(42)39-19-23(5)40(20-22(39)4)33-28-18-29(36)31-27-16-10-9-13-24(27)12-7-8-14-25-15-11-17-26(21(2)3)32(25)41(34(28)37-31)35(43)38-33;;/h2*6-11,13,15-18,21-23H,1,12,14,19-20H2,2-5H3;2*1H3/b8-7+;8-7-;;/t2*22-,23+;;/m11../s1. The molecular formula is C70H78Cl2N10O4P2. The van der Waals surface area contributed by atoms with Crippen LogP contribution < -0.4 is 21.2 Å². The van der Waals surface area contributed by atoms with Crippen molar-refractivity contribution in [3.63, 3.8) is 0 Å². The van der Waals surface area contributed by atoms with Crippen LogP contribution in [-0.4, -0.2) is 101 Å². The van der Waals surface area contributed by atoms with Gasteiger partial charge in [0.1, 0.15) is 11.6 Å². The van der Waals surface area contributed by atoms with E-state index in [0.29, 0.717) is 94.2 Å². The Morgan fingerprint density at radius 3 is 1.22 bits per heavy atom. The summed E-state index contributed by atoms with van der Waals surface area (Å²) >= 11 is 14.1. The van der Waals surface area contributed by atoms with Gasteiger partial charge in [-0.1, -0.05) is 173 Å². The molecule has 12 rings (SSSR count). The number of amides is 2. The minimum atomic E-state index is -0.392. The van der Waals surface area contributed by atoms with E-state index in [1.807, 2.05) is 86.0 Å². The first kappa shape index (κ1) is 64.9. The Bertz CT molecular complexity index is 3970. The van der Waals surface area contributed by atoms with Crippen molar-refractivity contribution >= 4 is 88.5 Å². The number of benzene rings is 4. The van der Waals surface area contributed by atoms with Crippen LogP contribution in [0.2, 0.25) is 10.0 Å². The van der Waals surface area contributed by atoms with Gasteiger partial charge in [-0.05, 0) is 123 Å². The maximum absolute atomic E-state index is 14.3. The Labute approximate surface area is 532 Å². The van der Waals surface area contributed by atoms with Gasteiger partial charge in [-0.3, -0.25) is 9.59 Å². The summed E-state index contributed by atoms with van der Waals surface area (Å²) in [5, 5.41) is 2.39. The number of halogens is 2. The lowest BCUT2D eigenvalue weighted by atomic mass is 9.95. The molecule has 2 fully saturated rings. The molecule has 456 valence electrons. The summed E-state index contributed by atoms with van der Waals surface area (Å²) in [7, 11) is 0. The quantitative estimate of drug-likeness (QED) is 0.0897. The molecule has 14 nitrogen and oxygen atoms in total. The number of pyridine rings is 2. The van der Waals surface area contributed by atoms with E-state index < -0.39 is 11.4 Å². The second-order valence-corrected chi connectivity index (χ2v) is 24.5. The van der Waals surface area contributed by atoms with Crippen LogP contribution >= 0.6 is 43.0 Å². The van der Waals surface area contributed by atoms with Crippen LogP contribution in [0.1, 0.15) is 101 Å². The van der Waals surface area contributed by atoms with Crippen LogP contribution in [0.25, 0.3) is 56.0 Å². The largest absolute Gasteiger partial charge is 0.355 e. The predicted molar refractivity (Wildman–Crippen MR) is 371 cm³/mol. The summed E-state index contributed by atoms with van der Waals surface area (Å²) < 4.78 is 3.37. The molecule has 0 aliphatic carbocycles. The fourth-order valence-corrected chi connectivity index (χ4v) is 13.4. The highest BCUT2D eigenvalue weighted by atomic mass is 35.5. The van der Waals surface area contributed by atoms with Gasteiger partial charge >= 0.3 is 11.4 Å². The van der Waals surface area contributed by atoms with Crippen LogP contribution in [0, 0.1) is 0 Å². The number of nitrogens with zero attached hydrogens (tertiary/aromatic N) is 10. The van der Waals surface area contributed by atoms with Crippen molar-refractivity contribution in [3.05, 3.63) is 211 Å². The highest BCUT2D eigenvalue weighted by molar-refractivity contribution is 6.92. The number of fused-ring (bicyclic) bond motifs is 10. The molecule has 6 atom stereocenters. The van der Waals surface area contributed by atoms with Crippen LogP contribution in [0.5, 0.6) is 0 Å². The zero-order chi connectivity index (χ0) is 60.8. The van der Waals surface area contributed by atoms with Gasteiger partial charge in [-0.2, -0.15) is 29.8 Å². The second-order valence-electron chi connectivity index (χ2n) is 23.7. The molecule has 0 N–H and O–H groups in total.